The van der Waals surface area contributed by atoms with Crippen LogP contribution in [0.5, 0.6) is 0 Å². The molecule has 2 aliphatic carbocycles. The lowest BCUT2D eigenvalue weighted by Gasteiger charge is -2.38. The van der Waals surface area contributed by atoms with Crippen molar-refractivity contribution in [3.05, 3.63) is 0 Å². The van der Waals surface area contributed by atoms with Gasteiger partial charge in [-0.25, -0.2) is 0 Å². The molecule has 2 rings (SSSR count). The number of unbranched alkanes of at least 4 members (excludes halogenated alkanes) is 2. The maximum Gasteiger partial charge on any atom is 0.0636 e. The van der Waals surface area contributed by atoms with Crippen molar-refractivity contribution in [3.63, 3.8) is 0 Å². The minimum absolute atomic E-state index is 0.382. The third kappa shape index (κ3) is 1.99. The van der Waals surface area contributed by atoms with Crippen molar-refractivity contribution in [3.8, 4) is 6.07 Å². The molecular formula is C15H25NO. The highest BCUT2D eigenvalue weighted by Crippen LogP contribution is 2.66. The van der Waals surface area contributed by atoms with E-state index in [-0.39, 0.29) is 0 Å². The molecule has 17 heavy (non-hydrogen) atoms. The molecule has 0 aromatic heterocycles. The predicted octanol–water partition coefficient (Wildman–Crippen LogP) is 3.91. The topological polar surface area (TPSA) is 33.0 Å². The highest BCUT2D eigenvalue weighted by Gasteiger charge is 2.61. The molecule has 0 N–H and O–H groups in total. The highest BCUT2D eigenvalue weighted by molar-refractivity contribution is 5.11. The SMILES string of the molecule is CC1(C)C2CCC1(C)C(OCCCCC#N)C2. The van der Waals surface area contributed by atoms with Crippen molar-refractivity contribution >= 4 is 0 Å². The van der Waals surface area contributed by atoms with Gasteiger partial charge in [0.25, 0.3) is 0 Å². The minimum atomic E-state index is 0.382. The number of ether oxygens (including phenoxy) is 1. The lowest BCUT2D eigenvalue weighted by Crippen LogP contribution is -2.37. The van der Waals surface area contributed by atoms with Crippen LogP contribution < -0.4 is 0 Å². The van der Waals surface area contributed by atoms with E-state index in [2.05, 4.69) is 26.8 Å². The van der Waals surface area contributed by atoms with Gasteiger partial charge in [-0.05, 0) is 48.9 Å². The van der Waals surface area contributed by atoms with E-state index >= 15 is 0 Å². The van der Waals surface area contributed by atoms with Gasteiger partial charge in [0.15, 0.2) is 0 Å². The minimum Gasteiger partial charge on any atom is -0.378 e. The maximum atomic E-state index is 8.48. The summed E-state index contributed by atoms with van der Waals surface area (Å²) >= 11 is 0. The summed E-state index contributed by atoms with van der Waals surface area (Å²) in [6.45, 7) is 8.10. The van der Waals surface area contributed by atoms with Crippen molar-refractivity contribution < 1.29 is 4.74 Å². The number of fused-ring (bicyclic) bond motifs is 2. The molecule has 2 fully saturated rings. The molecule has 2 saturated carbocycles. The zero-order chi connectivity index (χ0) is 12.5. The first-order valence-electron chi connectivity index (χ1n) is 7.01. The molecule has 2 aliphatic rings. The zero-order valence-corrected chi connectivity index (χ0v) is 11.5. The fraction of sp³-hybridized carbons (Fsp3) is 0.933. The molecule has 96 valence electrons. The average Bonchev–Trinajstić information content (AvgIpc) is 2.61. The molecule has 2 heteroatoms. The molecule has 0 amide bonds. The second-order valence-corrected chi connectivity index (χ2v) is 6.59. The lowest BCUT2D eigenvalue weighted by atomic mass is 9.70. The van der Waals surface area contributed by atoms with Crippen LogP contribution in [0.1, 0.15) is 59.3 Å². The third-order valence-electron chi connectivity index (χ3n) is 5.72. The van der Waals surface area contributed by atoms with E-state index in [0.717, 1.165) is 25.4 Å². The zero-order valence-electron chi connectivity index (χ0n) is 11.5. The van der Waals surface area contributed by atoms with Gasteiger partial charge in [0.2, 0.25) is 0 Å². The number of hydrogen-bond donors (Lipinski definition) is 0. The van der Waals surface area contributed by atoms with Crippen LogP contribution in [0.25, 0.3) is 0 Å². The number of hydrogen-bond acceptors (Lipinski definition) is 2. The smallest absolute Gasteiger partial charge is 0.0636 e. The predicted molar refractivity (Wildman–Crippen MR) is 68.4 cm³/mol. The van der Waals surface area contributed by atoms with E-state index in [9.17, 15) is 0 Å². The standard InChI is InChI=1S/C15H25NO/c1-14(2)12-7-8-15(14,3)13(11-12)17-10-6-4-5-9-16/h12-13H,4-8,10-11H2,1-3H3. The highest BCUT2D eigenvalue weighted by atomic mass is 16.5. The molecule has 3 atom stereocenters. The van der Waals surface area contributed by atoms with E-state index in [1.165, 1.54) is 19.3 Å². The van der Waals surface area contributed by atoms with Gasteiger partial charge >= 0.3 is 0 Å². The summed E-state index contributed by atoms with van der Waals surface area (Å²) < 4.78 is 6.11. The van der Waals surface area contributed by atoms with Gasteiger partial charge in [-0.3, -0.25) is 0 Å². The number of nitriles is 1. The van der Waals surface area contributed by atoms with Gasteiger partial charge in [-0.15, -0.1) is 0 Å². The molecule has 2 bridgehead atoms. The Morgan fingerprint density at radius 2 is 2.06 bits per heavy atom. The van der Waals surface area contributed by atoms with Gasteiger partial charge in [0, 0.05) is 13.0 Å². The van der Waals surface area contributed by atoms with Crippen LogP contribution in [0.3, 0.4) is 0 Å². The van der Waals surface area contributed by atoms with Crippen molar-refractivity contribution in [1.82, 2.24) is 0 Å². The molecule has 0 aromatic carbocycles. The summed E-state index contributed by atoms with van der Waals surface area (Å²) in [4.78, 5) is 0. The summed E-state index contributed by atoms with van der Waals surface area (Å²) in [7, 11) is 0. The summed E-state index contributed by atoms with van der Waals surface area (Å²) in [5.74, 6) is 0.858. The largest absolute Gasteiger partial charge is 0.378 e. The van der Waals surface area contributed by atoms with Crippen LogP contribution in [-0.2, 0) is 4.74 Å². The molecule has 0 spiro atoms. The van der Waals surface area contributed by atoms with E-state index in [0.29, 0.717) is 23.4 Å². The van der Waals surface area contributed by atoms with Gasteiger partial charge in [0.1, 0.15) is 0 Å². The second-order valence-electron chi connectivity index (χ2n) is 6.59. The van der Waals surface area contributed by atoms with Gasteiger partial charge in [-0.1, -0.05) is 20.8 Å². The quantitative estimate of drug-likeness (QED) is 0.677. The Balaban J connectivity index is 1.82. The van der Waals surface area contributed by atoms with E-state index in [4.69, 9.17) is 10.00 Å². The Hall–Kier alpha value is -0.550. The van der Waals surface area contributed by atoms with Crippen molar-refractivity contribution in [2.45, 2.75) is 65.4 Å². The Labute approximate surface area is 105 Å². The monoisotopic (exact) mass is 235 g/mol. The Kier molecular flexibility index (Phi) is 3.50. The summed E-state index contributed by atoms with van der Waals surface area (Å²) in [5, 5.41) is 8.48. The third-order valence-corrected chi connectivity index (χ3v) is 5.72. The normalized spacial score (nSPS) is 38.2. The molecule has 3 unspecified atom stereocenters. The fourth-order valence-corrected chi connectivity index (χ4v) is 3.91. The van der Waals surface area contributed by atoms with Crippen molar-refractivity contribution in [1.29, 1.82) is 5.26 Å². The molecule has 0 heterocycles. The Morgan fingerprint density at radius 1 is 1.29 bits per heavy atom. The molecular weight excluding hydrogens is 210 g/mol. The van der Waals surface area contributed by atoms with Crippen LogP contribution >= 0.6 is 0 Å². The fourth-order valence-electron chi connectivity index (χ4n) is 3.91. The van der Waals surface area contributed by atoms with Crippen molar-refractivity contribution in [2.75, 3.05) is 6.61 Å². The van der Waals surface area contributed by atoms with Gasteiger partial charge in [-0.2, -0.15) is 5.26 Å². The Bertz CT molecular complexity index is 317. The first-order chi connectivity index (χ1) is 8.02. The van der Waals surface area contributed by atoms with Gasteiger partial charge < -0.3 is 4.74 Å². The van der Waals surface area contributed by atoms with Crippen LogP contribution in [-0.4, -0.2) is 12.7 Å². The lowest BCUT2D eigenvalue weighted by molar-refractivity contribution is -0.0473. The van der Waals surface area contributed by atoms with E-state index in [1.807, 2.05) is 0 Å². The first kappa shape index (κ1) is 12.9. The summed E-state index contributed by atoms with van der Waals surface area (Å²) in [6, 6.07) is 2.19. The van der Waals surface area contributed by atoms with E-state index in [1.54, 1.807) is 0 Å². The summed E-state index contributed by atoms with van der Waals surface area (Å²) in [5.41, 5.74) is 0.831. The molecule has 0 aliphatic heterocycles. The van der Waals surface area contributed by atoms with Crippen LogP contribution in [0.2, 0.25) is 0 Å². The average molecular weight is 235 g/mol. The molecule has 0 saturated heterocycles. The first-order valence-corrected chi connectivity index (χ1v) is 7.01. The Morgan fingerprint density at radius 3 is 2.59 bits per heavy atom. The summed E-state index contributed by atoms with van der Waals surface area (Å²) in [6.07, 6.45) is 7.10. The number of rotatable bonds is 5. The molecule has 0 aromatic rings. The van der Waals surface area contributed by atoms with Crippen molar-refractivity contribution in [2.24, 2.45) is 16.7 Å². The number of nitrogens with zero attached hydrogens (tertiary/aromatic N) is 1. The van der Waals surface area contributed by atoms with Crippen LogP contribution in [0.15, 0.2) is 0 Å². The molecule has 0 radical (unpaired) electrons. The van der Waals surface area contributed by atoms with Gasteiger partial charge in [0.05, 0.1) is 12.2 Å². The van der Waals surface area contributed by atoms with Crippen LogP contribution in [0.4, 0.5) is 0 Å². The molecule has 2 nitrogen and oxygen atoms in total. The second kappa shape index (κ2) is 4.61. The van der Waals surface area contributed by atoms with E-state index < -0.39 is 0 Å². The maximum absolute atomic E-state index is 8.48. The van der Waals surface area contributed by atoms with Crippen LogP contribution in [0, 0.1) is 28.1 Å².